The Morgan fingerprint density at radius 1 is 1.57 bits per heavy atom. The van der Waals surface area contributed by atoms with Crippen molar-refractivity contribution in [1.29, 1.82) is 0 Å². The number of aliphatic hydroxyl groups is 1. The summed E-state index contributed by atoms with van der Waals surface area (Å²) in [6.07, 6.45) is -1.52. The maximum atomic E-state index is 12.9. The number of carbonyl (C=O) groups is 1. The Hall–Kier alpha value is -1.59. The van der Waals surface area contributed by atoms with Crippen LogP contribution in [-0.4, -0.2) is 54.1 Å². The second-order valence-electron chi connectivity index (χ2n) is 7.00. The molecule has 5 heteroatoms. The van der Waals surface area contributed by atoms with E-state index >= 15 is 0 Å². The smallest absolute Gasteiger partial charge is 0.174 e. The van der Waals surface area contributed by atoms with Crippen LogP contribution in [-0.2, 0) is 16.6 Å². The van der Waals surface area contributed by atoms with Crippen LogP contribution >= 0.6 is 0 Å². The first-order valence-corrected chi connectivity index (χ1v) is 7.88. The summed E-state index contributed by atoms with van der Waals surface area (Å²) in [5.74, 6) is -1.10. The zero-order chi connectivity index (χ0) is 21.1. The Morgan fingerprint density at radius 2 is 2.43 bits per heavy atom. The Kier molecular flexibility index (Phi) is 1.60. The maximum Gasteiger partial charge on any atom is 0.174 e. The van der Waals surface area contributed by atoms with Gasteiger partial charge in [-0.1, -0.05) is 6.04 Å². The Labute approximate surface area is 143 Å². The number of piperidine rings is 1. The minimum atomic E-state index is -2.90. The molecule has 4 atom stereocenters. The Balaban J connectivity index is 1.89. The minimum Gasteiger partial charge on any atom is -0.493 e. The largest absolute Gasteiger partial charge is 0.493 e. The zero-order valence-electron chi connectivity index (χ0n) is 18.7. The molecule has 2 aliphatic carbocycles. The molecule has 2 fully saturated rings. The van der Waals surface area contributed by atoms with Crippen LogP contribution in [0.5, 0.6) is 11.5 Å². The normalized spacial score (nSPS) is 48.1. The Bertz CT molecular complexity index is 967. The number of ketones is 1. The zero-order valence-corrected chi connectivity index (χ0v) is 12.7. The SMILES string of the molecule is [2H]c1c([2H])c(OC([2H])([2H])[2H])c2c3c1C[C@H]1N(C)CC[C@@]34C([2H])(O2)C(=O)CC[C@@]14O. The lowest BCUT2D eigenvalue weighted by atomic mass is 9.49. The van der Waals surface area contributed by atoms with Gasteiger partial charge in [-0.3, -0.25) is 4.79 Å². The number of Topliss-reactive ketones (excluding diaryl/α,β-unsaturated/α-hetero) is 1. The number of benzene rings is 1. The van der Waals surface area contributed by atoms with Crippen molar-refractivity contribution in [2.75, 3.05) is 20.6 Å². The molecule has 1 N–H and O–H groups in total. The van der Waals surface area contributed by atoms with E-state index in [-0.39, 0.29) is 37.5 Å². The summed E-state index contributed by atoms with van der Waals surface area (Å²) in [5.41, 5.74) is -2.13. The molecule has 0 aromatic heterocycles. The lowest BCUT2D eigenvalue weighted by Crippen LogP contribution is -2.76. The summed E-state index contributed by atoms with van der Waals surface area (Å²) in [4.78, 5) is 14.9. The molecule has 1 spiro atoms. The first kappa shape index (κ1) is 9.04. The number of methoxy groups -OCH3 is 1. The van der Waals surface area contributed by atoms with E-state index in [0.29, 0.717) is 17.7 Å². The minimum absolute atomic E-state index is 0.0354. The van der Waals surface area contributed by atoms with Crippen LogP contribution in [0, 0.1) is 0 Å². The van der Waals surface area contributed by atoms with Crippen molar-refractivity contribution >= 4 is 5.78 Å². The van der Waals surface area contributed by atoms with Gasteiger partial charge in [0.25, 0.3) is 0 Å². The molecule has 1 aromatic rings. The average molecular weight is 321 g/mol. The van der Waals surface area contributed by atoms with E-state index in [0.717, 1.165) is 0 Å². The van der Waals surface area contributed by atoms with Gasteiger partial charge >= 0.3 is 0 Å². The summed E-state index contributed by atoms with van der Waals surface area (Å²) in [6, 6.07) is -1.10. The molecule has 1 saturated carbocycles. The van der Waals surface area contributed by atoms with Crippen LogP contribution in [0.3, 0.4) is 0 Å². The van der Waals surface area contributed by atoms with Crippen LogP contribution in [0.1, 0.15) is 38.6 Å². The van der Waals surface area contributed by atoms with E-state index in [1.807, 2.05) is 11.9 Å². The highest BCUT2D eigenvalue weighted by atomic mass is 16.5. The molecular weight excluding hydrogens is 294 g/mol. The van der Waals surface area contributed by atoms with Gasteiger partial charge in [-0.2, -0.15) is 0 Å². The Morgan fingerprint density at radius 3 is 3.26 bits per heavy atom. The molecule has 1 aromatic carbocycles. The van der Waals surface area contributed by atoms with E-state index in [1.165, 1.54) is 0 Å². The highest BCUT2D eigenvalue weighted by Gasteiger charge is 2.72. The quantitative estimate of drug-likeness (QED) is 0.838. The van der Waals surface area contributed by atoms with Gasteiger partial charge in [-0.15, -0.1) is 0 Å². The molecule has 2 heterocycles. The molecule has 1 unspecified atom stereocenters. The molecule has 2 bridgehead atoms. The number of carbonyl (C=O) groups excluding carboxylic acids is 1. The number of nitrogens with zero attached hydrogens (tertiary/aromatic N) is 1. The van der Waals surface area contributed by atoms with Crippen LogP contribution in [0.25, 0.3) is 0 Å². The van der Waals surface area contributed by atoms with E-state index in [1.54, 1.807) is 0 Å². The fourth-order valence-electron chi connectivity index (χ4n) is 5.21. The third kappa shape index (κ3) is 1.32. The number of likely N-dealkylation sites (N-methyl/N-ethyl adjacent to an activating group) is 1. The lowest BCUT2D eigenvalue weighted by molar-refractivity contribution is -0.185. The molecule has 1 saturated heterocycles. The van der Waals surface area contributed by atoms with Gasteiger partial charge in [0.15, 0.2) is 23.4 Å². The molecule has 2 aliphatic heterocycles. The summed E-state index contributed by atoms with van der Waals surface area (Å²) < 4.78 is 59.1. The van der Waals surface area contributed by atoms with Gasteiger partial charge in [0.05, 0.1) is 26.3 Å². The summed E-state index contributed by atoms with van der Waals surface area (Å²) >= 11 is 0. The van der Waals surface area contributed by atoms with E-state index < -0.39 is 47.8 Å². The fraction of sp³-hybridized carbons (Fsp3) is 0.611. The maximum absolute atomic E-state index is 12.9. The predicted octanol–water partition coefficient (Wildman–Crippen LogP) is 1.05. The van der Waals surface area contributed by atoms with Crippen molar-refractivity contribution in [3.05, 3.63) is 23.2 Å². The van der Waals surface area contributed by atoms with Crippen LogP contribution in [0.2, 0.25) is 0 Å². The second kappa shape index (κ2) is 4.08. The standard InChI is InChI=1S/C18H21NO4/c1-19-8-7-17-14-10-3-4-12(22-2)15(14)23-16(17)11(20)5-6-18(17,21)13(19)9-10/h3-4,13,16,21H,5-9H2,1-2H3/t13-,16?,17+,18-/m1/s1/i2D3,3D,4D,16D. The molecule has 23 heavy (non-hydrogen) atoms. The van der Waals surface area contributed by atoms with Crippen molar-refractivity contribution in [3.8, 4) is 11.5 Å². The van der Waals surface area contributed by atoms with Gasteiger partial charge < -0.3 is 19.5 Å². The molecule has 122 valence electrons. The number of ether oxygens (including phenoxy) is 2. The predicted molar refractivity (Wildman–Crippen MR) is 83.0 cm³/mol. The summed E-state index contributed by atoms with van der Waals surface area (Å²) in [6.45, 7) is 0.508. The topological polar surface area (TPSA) is 59.0 Å². The number of hydrogen-bond donors (Lipinski definition) is 1. The van der Waals surface area contributed by atoms with Crippen molar-refractivity contribution < 1.29 is 27.6 Å². The van der Waals surface area contributed by atoms with Crippen LogP contribution in [0.15, 0.2) is 12.1 Å². The molecule has 0 radical (unpaired) electrons. The van der Waals surface area contributed by atoms with E-state index in [9.17, 15) is 9.90 Å². The van der Waals surface area contributed by atoms with Crippen molar-refractivity contribution in [1.82, 2.24) is 4.90 Å². The number of likely N-dealkylation sites (tertiary alicyclic amines) is 1. The van der Waals surface area contributed by atoms with E-state index in [4.69, 9.17) is 17.7 Å². The van der Waals surface area contributed by atoms with Crippen LogP contribution in [0.4, 0.5) is 0 Å². The summed E-state index contributed by atoms with van der Waals surface area (Å²) in [5, 5.41) is 11.9. The third-order valence-electron chi connectivity index (χ3n) is 6.23. The molecule has 0 amide bonds. The van der Waals surface area contributed by atoms with Crippen LogP contribution < -0.4 is 9.47 Å². The van der Waals surface area contributed by atoms with Crippen molar-refractivity contribution in [3.63, 3.8) is 0 Å². The van der Waals surface area contributed by atoms with E-state index in [2.05, 4.69) is 0 Å². The van der Waals surface area contributed by atoms with Crippen molar-refractivity contribution in [2.45, 2.75) is 48.8 Å². The number of rotatable bonds is 1. The van der Waals surface area contributed by atoms with Gasteiger partial charge in [-0.05, 0) is 44.5 Å². The fourth-order valence-corrected chi connectivity index (χ4v) is 5.21. The number of hydrogen-bond acceptors (Lipinski definition) is 5. The van der Waals surface area contributed by atoms with Gasteiger partial charge in [0.2, 0.25) is 0 Å². The third-order valence-corrected chi connectivity index (χ3v) is 6.23. The summed E-state index contributed by atoms with van der Waals surface area (Å²) in [7, 11) is -1.04. The highest BCUT2D eigenvalue weighted by molar-refractivity contribution is 5.90. The second-order valence-corrected chi connectivity index (χ2v) is 7.00. The molecule has 5 nitrogen and oxygen atoms in total. The highest BCUT2D eigenvalue weighted by Crippen LogP contribution is 2.64. The average Bonchev–Trinajstić information content (AvgIpc) is 2.89. The molecular formula is C18H21NO4. The monoisotopic (exact) mass is 321 g/mol. The van der Waals surface area contributed by atoms with Gasteiger partial charge in [0, 0.05) is 18.0 Å². The molecule has 4 aliphatic rings. The molecule has 5 rings (SSSR count). The van der Waals surface area contributed by atoms with Gasteiger partial charge in [-0.25, -0.2) is 0 Å². The van der Waals surface area contributed by atoms with Gasteiger partial charge in [0.1, 0.15) is 0 Å². The lowest BCUT2D eigenvalue weighted by Gasteiger charge is -2.62. The first-order chi connectivity index (χ1) is 13.4. The van der Waals surface area contributed by atoms with Crippen molar-refractivity contribution in [2.24, 2.45) is 0 Å². The first-order valence-electron chi connectivity index (χ1n) is 10.9.